The zero-order valence-corrected chi connectivity index (χ0v) is 6.59. The van der Waals surface area contributed by atoms with Crippen LogP contribution in [0.2, 0.25) is 0 Å². The van der Waals surface area contributed by atoms with Crippen LogP contribution in [0, 0.1) is 0 Å². The molecule has 0 aromatic heterocycles. The van der Waals surface area contributed by atoms with Crippen LogP contribution in [-0.4, -0.2) is 27.8 Å². The summed E-state index contributed by atoms with van der Waals surface area (Å²) >= 11 is 0. The van der Waals surface area contributed by atoms with E-state index in [9.17, 15) is 0 Å². The van der Waals surface area contributed by atoms with E-state index < -0.39 is 6.48 Å². The first-order valence-corrected chi connectivity index (χ1v) is 1.93. The monoisotopic (exact) mass is 213 g/mol. The van der Waals surface area contributed by atoms with Gasteiger partial charge in [0.1, 0.15) is 0 Å². The van der Waals surface area contributed by atoms with Gasteiger partial charge in [-0.15, -0.1) is 0 Å². The molecule has 0 aliphatic carbocycles. The number of hydrogen-bond donors (Lipinski definition) is 0. The van der Waals surface area contributed by atoms with E-state index in [1.807, 2.05) is 0 Å². The van der Waals surface area contributed by atoms with Gasteiger partial charge in [-0.05, 0) is 0 Å². The topological polar surface area (TPSA) is 27.7 Å². The predicted molar refractivity (Wildman–Crippen MR) is 24.8 cm³/mol. The van der Waals surface area contributed by atoms with E-state index >= 15 is 0 Å². The molecule has 0 bridgehead atoms. The van der Waals surface area contributed by atoms with Crippen molar-refractivity contribution in [3.05, 3.63) is 0 Å². The van der Waals surface area contributed by atoms with Gasteiger partial charge in [0.2, 0.25) is 0 Å². The predicted octanol–water partition coefficient (Wildman–Crippen LogP) is 0.207. The summed E-state index contributed by atoms with van der Waals surface area (Å²) in [6.07, 6.45) is 0. The van der Waals surface area contributed by atoms with Crippen molar-refractivity contribution in [3.63, 3.8) is 0 Å². The Balaban J connectivity index is 0. The first-order chi connectivity index (χ1) is 3.35. The molecule has 55 valence electrons. The molecule has 8 heavy (non-hydrogen) atoms. The fourth-order valence-electron chi connectivity index (χ4n) is 0.289. The largest absolute Gasteiger partial charge is 0.333 e. The van der Waals surface area contributed by atoms with Crippen molar-refractivity contribution in [2.75, 3.05) is 21.3 Å². The van der Waals surface area contributed by atoms with Crippen molar-refractivity contribution in [2.24, 2.45) is 0 Å². The quantitative estimate of drug-likeness (QED) is 0.496. The molecule has 0 fully saturated rings. The Labute approximate surface area is 64.8 Å². The number of hydrogen-bond acceptors (Lipinski definition) is 3. The number of ether oxygens (including phenoxy) is 3. The summed E-state index contributed by atoms with van der Waals surface area (Å²) in [5.41, 5.74) is 0. The molecule has 0 aliphatic heterocycles. The minimum atomic E-state index is -0.514. The third-order valence-electron chi connectivity index (χ3n) is 0.577. The Kier molecular flexibility index (Phi) is 10.9. The summed E-state index contributed by atoms with van der Waals surface area (Å²) in [6.45, 7) is -0.514. The van der Waals surface area contributed by atoms with Gasteiger partial charge in [-0.1, -0.05) is 0 Å². The summed E-state index contributed by atoms with van der Waals surface area (Å²) in [5, 5.41) is 0. The summed E-state index contributed by atoms with van der Waals surface area (Å²) in [6, 6.07) is 0. The standard InChI is InChI=1S/C4H10O3.Ag/c1-5-4(6-2)7-3;/h4H,1-3H3;. The van der Waals surface area contributed by atoms with Crippen LogP contribution in [-0.2, 0) is 36.6 Å². The molecule has 0 saturated heterocycles. The average Bonchev–Trinajstić information content (AvgIpc) is 1.72. The van der Waals surface area contributed by atoms with Crippen molar-refractivity contribution < 1.29 is 36.6 Å². The summed E-state index contributed by atoms with van der Waals surface area (Å²) in [7, 11) is 4.53. The van der Waals surface area contributed by atoms with E-state index in [-0.39, 0.29) is 22.4 Å². The Bertz CT molecular complexity index is 32.8. The van der Waals surface area contributed by atoms with Crippen LogP contribution in [0.15, 0.2) is 0 Å². The van der Waals surface area contributed by atoms with Gasteiger partial charge in [0.25, 0.3) is 6.48 Å². The fourth-order valence-corrected chi connectivity index (χ4v) is 0.289. The zero-order valence-electron chi connectivity index (χ0n) is 5.10. The molecule has 0 aromatic rings. The Morgan fingerprint density at radius 2 is 1.12 bits per heavy atom. The first-order valence-electron chi connectivity index (χ1n) is 1.93. The van der Waals surface area contributed by atoms with E-state index in [1.54, 1.807) is 0 Å². The first kappa shape index (κ1) is 11.4. The average molecular weight is 214 g/mol. The van der Waals surface area contributed by atoms with Crippen LogP contribution in [0.3, 0.4) is 0 Å². The van der Waals surface area contributed by atoms with Crippen LogP contribution in [0.25, 0.3) is 0 Å². The van der Waals surface area contributed by atoms with E-state index in [0.29, 0.717) is 0 Å². The van der Waals surface area contributed by atoms with Gasteiger partial charge in [-0.25, -0.2) is 0 Å². The van der Waals surface area contributed by atoms with E-state index in [4.69, 9.17) is 0 Å². The summed E-state index contributed by atoms with van der Waals surface area (Å²) < 4.78 is 13.8. The molecule has 0 aromatic carbocycles. The second-order valence-corrected chi connectivity index (χ2v) is 0.996. The second-order valence-electron chi connectivity index (χ2n) is 0.996. The van der Waals surface area contributed by atoms with E-state index in [0.717, 1.165) is 0 Å². The Morgan fingerprint density at radius 3 is 1.12 bits per heavy atom. The van der Waals surface area contributed by atoms with Gasteiger partial charge in [0, 0.05) is 43.7 Å². The minimum absolute atomic E-state index is 0. The minimum Gasteiger partial charge on any atom is -0.333 e. The maximum absolute atomic E-state index is 4.60. The van der Waals surface area contributed by atoms with Crippen LogP contribution in [0.4, 0.5) is 0 Å². The number of rotatable bonds is 3. The van der Waals surface area contributed by atoms with Crippen LogP contribution in [0.5, 0.6) is 0 Å². The van der Waals surface area contributed by atoms with Gasteiger partial charge < -0.3 is 14.2 Å². The van der Waals surface area contributed by atoms with Crippen molar-refractivity contribution in [1.82, 2.24) is 0 Å². The van der Waals surface area contributed by atoms with E-state index in [2.05, 4.69) is 14.2 Å². The third kappa shape index (κ3) is 4.77. The second kappa shape index (κ2) is 7.62. The summed E-state index contributed by atoms with van der Waals surface area (Å²) in [5.74, 6) is 0. The molecule has 0 spiro atoms. The fraction of sp³-hybridized carbons (Fsp3) is 1.00. The molecule has 0 heterocycles. The van der Waals surface area contributed by atoms with Crippen molar-refractivity contribution in [3.8, 4) is 0 Å². The molecule has 3 nitrogen and oxygen atoms in total. The van der Waals surface area contributed by atoms with Crippen LogP contribution < -0.4 is 0 Å². The Morgan fingerprint density at radius 1 is 0.875 bits per heavy atom. The molecule has 1 radical (unpaired) electrons. The van der Waals surface area contributed by atoms with Gasteiger partial charge in [0.05, 0.1) is 0 Å². The van der Waals surface area contributed by atoms with Gasteiger partial charge in [-0.3, -0.25) is 0 Å². The zero-order chi connectivity index (χ0) is 5.70. The summed E-state index contributed by atoms with van der Waals surface area (Å²) in [4.78, 5) is 0. The molecule has 0 saturated carbocycles. The van der Waals surface area contributed by atoms with Gasteiger partial charge in [0.15, 0.2) is 0 Å². The molecule has 0 rings (SSSR count). The van der Waals surface area contributed by atoms with Crippen molar-refractivity contribution in [2.45, 2.75) is 6.48 Å². The van der Waals surface area contributed by atoms with Gasteiger partial charge in [-0.2, -0.15) is 0 Å². The molecular weight excluding hydrogens is 204 g/mol. The Hall–Kier alpha value is 0.620. The van der Waals surface area contributed by atoms with Crippen molar-refractivity contribution >= 4 is 0 Å². The molecular formula is C4H10AgO3. The van der Waals surface area contributed by atoms with E-state index in [1.165, 1.54) is 21.3 Å². The molecule has 0 N–H and O–H groups in total. The van der Waals surface area contributed by atoms with Crippen LogP contribution in [0.1, 0.15) is 0 Å². The number of methoxy groups -OCH3 is 3. The van der Waals surface area contributed by atoms with Crippen LogP contribution >= 0.6 is 0 Å². The SMILES string of the molecule is COC(OC)OC.[Ag]. The molecule has 0 aliphatic rings. The van der Waals surface area contributed by atoms with Crippen molar-refractivity contribution in [1.29, 1.82) is 0 Å². The molecule has 0 unspecified atom stereocenters. The molecule has 0 atom stereocenters. The maximum atomic E-state index is 4.60. The maximum Gasteiger partial charge on any atom is 0.270 e. The van der Waals surface area contributed by atoms with Gasteiger partial charge >= 0.3 is 0 Å². The third-order valence-corrected chi connectivity index (χ3v) is 0.577. The molecule has 4 heteroatoms. The normalized spacial score (nSPS) is 9.00. The smallest absolute Gasteiger partial charge is 0.270 e. The molecule has 0 amide bonds.